The second kappa shape index (κ2) is 7.97. The SMILES string of the molecule is CNC(=O)CC1C(=O)NCCN1C(=O)CCc1ccccc1Cl. The summed E-state index contributed by atoms with van der Waals surface area (Å²) in [6.45, 7) is 0.815. The van der Waals surface area contributed by atoms with Gasteiger partial charge in [0.15, 0.2) is 0 Å². The predicted molar refractivity (Wildman–Crippen MR) is 87.0 cm³/mol. The number of nitrogens with one attached hydrogen (secondary N) is 2. The van der Waals surface area contributed by atoms with E-state index in [1.165, 1.54) is 11.9 Å². The highest BCUT2D eigenvalue weighted by Crippen LogP contribution is 2.18. The maximum Gasteiger partial charge on any atom is 0.243 e. The fourth-order valence-electron chi connectivity index (χ4n) is 2.58. The van der Waals surface area contributed by atoms with Crippen LogP contribution in [0.1, 0.15) is 18.4 Å². The molecule has 1 aromatic rings. The van der Waals surface area contributed by atoms with Gasteiger partial charge in [-0.15, -0.1) is 0 Å². The summed E-state index contributed by atoms with van der Waals surface area (Å²) in [4.78, 5) is 37.5. The third-order valence-electron chi connectivity index (χ3n) is 3.87. The molecule has 1 aromatic carbocycles. The number of halogens is 1. The van der Waals surface area contributed by atoms with E-state index in [1.807, 2.05) is 18.2 Å². The molecule has 1 saturated heterocycles. The molecule has 2 N–H and O–H groups in total. The smallest absolute Gasteiger partial charge is 0.243 e. The monoisotopic (exact) mass is 337 g/mol. The Morgan fingerprint density at radius 1 is 1.39 bits per heavy atom. The van der Waals surface area contributed by atoms with Crippen LogP contribution < -0.4 is 10.6 Å². The van der Waals surface area contributed by atoms with Crippen molar-refractivity contribution in [2.24, 2.45) is 0 Å². The topological polar surface area (TPSA) is 78.5 Å². The molecule has 23 heavy (non-hydrogen) atoms. The average molecular weight is 338 g/mol. The van der Waals surface area contributed by atoms with Gasteiger partial charge in [-0.2, -0.15) is 0 Å². The fraction of sp³-hybridized carbons (Fsp3) is 0.438. The standard InChI is InChI=1S/C16H20ClN3O3/c1-18-14(21)10-13-16(23)19-8-9-20(13)15(22)7-6-11-4-2-3-5-12(11)17/h2-5,13H,6-10H2,1H3,(H,18,21)(H,19,23). The van der Waals surface area contributed by atoms with Crippen molar-refractivity contribution in [3.63, 3.8) is 0 Å². The molecule has 0 bridgehead atoms. The third kappa shape index (κ3) is 4.45. The van der Waals surface area contributed by atoms with E-state index in [-0.39, 0.29) is 30.6 Å². The second-order valence-electron chi connectivity index (χ2n) is 5.36. The lowest BCUT2D eigenvalue weighted by Gasteiger charge is -2.34. The van der Waals surface area contributed by atoms with Gasteiger partial charge in [-0.25, -0.2) is 0 Å². The van der Waals surface area contributed by atoms with Crippen molar-refractivity contribution < 1.29 is 14.4 Å². The third-order valence-corrected chi connectivity index (χ3v) is 4.24. The molecule has 0 saturated carbocycles. The van der Waals surface area contributed by atoms with Gasteiger partial charge in [-0.3, -0.25) is 14.4 Å². The second-order valence-corrected chi connectivity index (χ2v) is 5.77. The van der Waals surface area contributed by atoms with Gasteiger partial charge in [-0.05, 0) is 18.1 Å². The number of carbonyl (C=O) groups excluding carboxylic acids is 3. The maximum absolute atomic E-state index is 12.5. The summed E-state index contributed by atoms with van der Waals surface area (Å²) < 4.78 is 0. The maximum atomic E-state index is 12.5. The van der Waals surface area contributed by atoms with E-state index >= 15 is 0 Å². The zero-order valence-corrected chi connectivity index (χ0v) is 13.7. The number of amides is 3. The van der Waals surface area contributed by atoms with Crippen LogP contribution in [0.2, 0.25) is 5.02 Å². The Morgan fingerprint density at radius 3 is 2.83 bits per heavy atom. The Hall–Kier alpha value is -2.08. The van der Waals surface area contributed by atoms with Gasteiger partial charge in [0.1, 0.15) is 6.04 Å². The molecule has 1 fully saturated rings. The summed E-state index contributed by atoms with van der Waals surface area (Å²) in [5, 5.41) is 5.80. The van der Waals surface area contributed by atoms with Crippen molar-refractivity contribution in [3.8, 4) is 0 Å². The van der Waals surface area contributed by atoms with Crippen LogP contribution in [0, 0.1) is 0 Å². The van der Waals surface area contributed by atoms with Crippen LogP contribution in [0.4, 0.5) is 0 Å². The lowest BCUT2D eigenvalue weighted by molar-refractivity contribution is -0.145. The van der Waals surface area contributed by atoms with Crippen LogP contribution in [0.5, 0.6) is 0 Å². The van der Waals surface area contributed by atoms with Crippen LogP contribution >= 0.6 is 11.6 Å². The first-order valence-electron chi connectivity index (χ1n) is 7.54. The molecule has 124 valence electrons. The Balaban J connectivity index is 2.02. The van der Waals surface area contributed by atoms with Gasteiger partial charge in [0, 0.05) is 31.6 Å². The molecule has 0 spiro atoms. The number of carbonyl (C=O) groups is 3. The minimum atomic E-state index is -0.748. The number of piperazine rings is 1. The molecule has 3 amide bonds. The summed E-state index contributed by atoms with van der Waals surface area (Å²) in [6.07, 6.45) is 0.727. The fourth-order valence-corrected chi connectivity index (χ4v) is 2.81. The number of hydrogen-bond acceptors (Lipinski definition) is 3. The van der Waals surface area contributed by atoms with Gasteiger partial charge in [0.25, 0.3) is 0 Å². The first kappa shape index (κ1) is 17.3. The largest absolute Gasteiger partial charge is 0.359 e. The molecule has 0 aliphatic carbocycles. The van der Waals surface area contributed by atoms with E-state index in [1.54, 1.807) is 6.07 Å². The van der Waals surface area contributed by atoms with E-state index in [2.05, 4.69) is 10.6 Å². The van der Waals surface area contributed by atoms with Crippen LogP contribution in [-0.4, -0.2) is 48.8 Å². The molecule has 1 aliphatic rings. The van der Waals surface area contributed by atoms with Crippen LogP contribution in [0.15, 0.2) is 24.3 Å². The molecule has 0 radical (unpaired) electrons. The number of rotatable bonds is 5. The molecule has 1 heterocycles. The zero-order chi connectivity index (χ0) is 16.8. The lowest BCUT2D eigenvalue weighted by Crippen LogP contribution is -2.58. The van der Waals surface area contributed by atoms with E-state index in [9.17, 15) is 14.4 Å². The quantitative estimate of drug-likeness (QED) is 0.831. The Labute approximate surface area is 140 Å². The first-order valence-corrected chi connectivity index (χ1v) is 7.92. The highest BCUT2D eigenvalue weighted by Gasteiger charge is 2.34. The van der Waals surface area contributed by atoms with Crippen molar-refractivity contribution in [1.82, 2.24) is 15.5 Å². The number of benzene rings is 1. The summed E-state index contributed by atoms with van der Waals surface area (Å²) in [7, 11) is 1.51. The van der Waals surface area contributed by atoms with Crippen LogP contribution in [0.25, 0.3) is 0 Å². The number of hydrogen-bond donors (Lipinski definition) is 2. The highest BCUT2D eigenvalue weighted by atomic mass is 35.5. The normalized spacial score (nSPS) is 17.6. The van der Waals surface area contributed by atoms with Gasteiger partial charge in [0.2, 0.25) is 17.7 Å². The van der Waals surface area contributed by atoms with Gasteiger partial charge >= 0.3 is 0 Å². The molecule has 6 nitrogen and oxygen atoms in total. The molecular weight excluding hydrogens is 318 g/mol. The average Bonchev–Trinajstić information content (AvgIpc) is 2.55. The number of nitrogens with zero attached hydrogens (tertiary/aromatic N) is 1. The van der Waals surface area contributed by atoms with Gasteiger partial charge in [-0.1, -0.05) is 29.8 Å². The lowest BCUT2D eigenvalue weighted by atomic mass is 10.1. The van der Waals surface area contributed by atoms with E-state index in [0.717, 1.165) is 5.56 Å². The molecular formula is C16H20ClN3O3. The number of aryl methyl sites for hydroxylation is 1. The van der Waals surface area contributed by atoms with Gasteiger partial charge < -0.3 is 15.5 Å². The van der Waals surface area contributed by atoms with Crippen molar-refractivity contribution in [2.75, 3.05) is 20.1 Å². The van der Waals surface area contributed by atoms with E-state index in [4.69, 9.17) is 11.6 Å². The minimum absolute atomic E-state index is 0.0276. The van der Waals surface area contributed by atoms with Gasteiger partial charge in [0.05, 0.1) is 6.42 Å². The van der Waals surface area contributed by atoms with Crippen molar-refractivity contribution in [3.05, 3.63) is 34.9 Å². The van der Waals surface area contributed by atoms with Crippen LogP contribution in [-0.2, 0) is 20.8 Å². The molecule has 0 aromatic heterocycles. The molecule has 1 unspecified atom stereocenters. The first-order chi connectivity index (χ1) is 11.0. The molecule has 1 atom stereocenters. The minimum Gasteiger partial charge on any atom is -0.359 e. The summed E-state index contributed by atoms with van der Waals surface area (Å²) in [5.74, 6) is -0.699. The van der Waals surface area contributed by atoms with E-state index < -0.39 is 6.04 Å². The van der Waals surface area contributed by atoms with Crippen molar-refractivity contribution >= 4 is 29.3 Å². The Bertz CT molecular complexity index is 606. The summed E-state index contributed by atoms with van der Waals surface area (Å²) in [5.41, 5.74) is 0.895. The highest BCUT2D eigenvalue weighted by molar-refractivity contribution is 6.31. The predicted octanol–water partition coefficient (Wildman–Crippen LogP) is 0.736. The molecule has 1 aliphatic heterocycles. The Kier molecular flexibility index (Phi) is 5.98. The van der Waals surface area contributed by atoms with Crippen molar-refractivity contribution in [2.45, 2.75) is 25.3 Å². The zero-order valence-electron chi connectivity index (χ0n) is 13.0. The summed E-state index contributed by atoms with van der Waals surface area (Å²) in [6, 6.07) is 6.61. The van der Waals surface area contributed by atoms with Crippen molar-refractivity contribution in [1.29, 1.82) is 0 Å². The molecule has 7 heteroatoms. The summed E-state index contributed by atoms with van der Waals surface area (Å²) >= 11 is 6.09. The Morgan fingerprint density at radius 2 is 2.13 bits per heavy atom. The van der Waals surface area contributed by atoms with Crippen LogP contribution in [0.3, 0.4) is 0 Å². The molecule has 2 rings (SSSR count). The van der Waals surface area contributed by atoms with E-state index in [0.29, 0.717) is 24.5 Å².